The molecule has 0 radical (unpaired) electrons. The fourth-order valence-corrected chi connectivity index (χ4v) is 3.49. The molecule has 1 heterocycles. The van der Waals surface area contributed by atoms with Gasteiger partial charge in [0.05, 0.1) is 0 Å². The van der Waals surface area contributed by atoms with Crippen LogP contribution in [0, 0.1) is 0 Å². The molecular formula is C15H12BrCl2NO. The van der Waals surface area contributed by atoms with Gasteiger partial charge in [-0.2, -0.15) is 0 Å². The van der Waals surface area contributed by atoms with Crippen molar-refractivity contribution in [3.8, 4) is 5.75 Å². The van der Waals surface area contributed by atoms with Crippen molar-refractivity contribution in [2.45, 2.75) is 18.6 Å². The van der Waals surface area contributed by atoms with Gasteiger partial charge >= 0.3 is 0 Å². The lowest BCUT2D eigenvalue weighted by Crippen LogP contribution is -2.24. The first-order valence-corrected chi connectivity index (χ1v) is 7.76. The van der Waals surface area contributed by atoms with E-state index in [0.717, 1.165) is 21.3 Å². The van der Waals surface area contributed by atoms with Gasteiger partial charge in [0.25, 0.3) is 0 Å². The van der Waals surface area contributed by atoms with E-state index < -0.39 is 0 Å². The van der Waals surface area contributed by atoms with Crippen molar-refractivity contribution in [3.05, 3.63) is 62.0 Å². The number of fused-ring (bicyclic) bond motifs is 1. The highest BCUT2D eigenvalue weighted by molar-refractivity contribution is 9.10. The van der Waals surface area contributed by atoms with Gasteiger partial charge in [-0.05, 0) is 30.3 Å². The maximum absolute atomic E-state index is 6.26. The van der Waals surface area contributed by atoms with Crippen LogP contribution < -0.4 is 10.5 Å². The summed E-state index contributed by atoms with van der Waals surface area (Å²) in [6.07, 6.45) is 0.423. The third-order valence-corrected chi connectivity index (χ3v) is 4.58. The van der Waals surface area contributed by atoms with Crippen LogP contribution in [-0.4, -0.2) is 0 Å². The zero-order chi connectivity index (χ0) is 14.3. The summed E-state index contributed by atoms with van der Waals surface area (Å²) >= 11 is 15.9. The Morgan fingerprint density at radius 1 is 1.15 bits per heavy atom. The molecule has 0 saturated carbocycles. The first-order chi connectivity index (χ1) is 9.56. The normalized spacial score (nSPS) is 21.2. The van der Waals surface area contributed by atoms with Gasteiger partial charge in [0, 0.05) is 38.1 Å². The molecule has 1 aliphatic heterocycles. The van der Waals surface area contributed by atoms with Crippen molar-refractivity contribution in [3.63, 3.8) is 0 Å². The van der Waals surface area contributed by atoms with Crippen molar-refractivity contribution in [2.75, 3.05) is 0 Å². The summed E-state index contributed by atoms with van der Waals surface area (Å²) in [5.41, 5.74) is 8.06. The molecule has 1 aliphatic rings. The molecule has 0 spiro atoms. The molecule has 2 aromatic carbocycles. The summed E-state index contributed by atoms with van der Waals surface area (Å²) in [6, 6.07) is 11.2. The Hall–Kier alpha value is -0.740. The molecule has 0 fully saturated rings. The molecule has 0 aliphatic carbocycles. The SMILES string of the molecule is N[C@H]1CC(c2c(Cl)cccc2Cl)Oc2ccc(Br)cc21. The number of rotatable bonds is 1. The second-order valence-electron chi connectivity index (χ2n) is 4.77. The first-order valence-electron chi connectivity index (χ1n) is 6.22. The number of halogens is 3. The zero-order valence-electron chi connectivity index (χ0n) is 10.4. The lowest BCUT2D eigenvalue weighted by atomic mass is 9.93. The number of nitrogens with two attached hydrogens (primary N) is 1. The Labute approximate surface area is 136 Å². The molecule has 2 atom stereocenters. The van der Waals surface area contributed by atoms with E-state index in [2.05, 4.69) is 15.9 Å². The number of ether oxygens (including phenoxy) is 1. The highest BCUT2D eigenvalue weighted by Crippen LogP contribution is 2.44. The Bertz CT molecular complexity index is 642. The summed E-state index contributed by atoms with van der Waals surface area (Å²) < 4.78 is 7.03. The molecular weight excluding hydrogens is 361 g/mol. The van der Waals surface area contributed by atoms with Gasteiger partial charge in [-0.25, -0.2) is 0 Å². The van der Waals surface area contributed by atoms with Crippen molar-refractivity contribution >= 4 is 39.1 Å². The van der Waals surface area contributed by atoms with Crippen LogP contribution in [0.2, 0.25) is 10.0 Å². The highest BCUT2D eigenvalue weighted by atomic mass is 79.9. The lowest BCUT2D eigenvalue weighted by Gasteiger charge is -2.31. The molecule has 0 aromatic heterocycles. The maximum atomic E-state index is 6.26. The van der Waals surface area contributed by atoms with E-state index in [9.17, 15) is 0 Å². The minimum Gasteiger partial charge on any atom is -0.485 e. The number of hydrogen-bond donors (Lipinski definition) is 1. The van der Waals surface area contributed by atoms with Gasteiger partial charge in [0.15, 0.2) is 0 Å². The zero-order valence-corrected chi connectivity index (χ0v) is 13.5. The minimum atomic E-state index is -0.222. The van der Waals surface area contributed by atoms with E-state index in [0.29, 0.717) is 16.5 Å². The van der Waals surface area contributed by atoms with Crippen molar-refractivity contribution in [2.24, 2.45) is 5.73 Å². The van der Waals surface area contributed by atoms with Gasteiger partial charge < -0.3 is 10.5 Å². The topological polar surface area (TPSA) is 35.2 Å². The van der Waals surface area contributed by atoms with E-state index in [1.165, 1.54) is 0 Å². The molecule has 2 N–H and O–H groups in total. The van der Waals surface area contributed by atoms with Crippen molar-refractivity contribution in [1.82, 2.24) is 0 Å². The fourth-order valence-electron chi connectivity index (χ4n) is 2.47. The Kier molecular flexibility index (Phi) is 3.95. The Balaban J connectivity index is 2.01. The second-order valence-corrected chi connectivity index (χ2v) is 6.50. The minimum absolute atomic E-state index is 0.103. The van der Waals surface area contributed by atoms with E-state index >= 15 is 0 Å². The van der Waals surface area contributed by atoms with Crippen molar-refractivity contribution in [1.29, 1.82) is 0 Å². The largest absolute Gasteiger partial charge is 0.485 e. The van der Waals surface area contributed by atoms with Crippen LogP contribution in [0.25, 0.3) is 0 Å². The van der Waals surface area contributed by atoms with Gasteiger partial charge in [-0.15, -0.1) is 0 Å². The summed E-state index contributed by atoms with van der Waals surface area (Å²) in [5, 5.41) is 1.21. The quantitative estimate of drug-likeness (QED) is 0.738. The molecule has 3 rings (SSSR count). The van der Waals surface area contributed by atoms with Crippen LogP contribution in [0.1, 0.15) is 29.7 Å². The first kappa shape index (κ1) is 14.2. The standard InChI is InChI=1S/C15H12BrCl2NO/c16-8-4-5-13-9(6-8)12(19)7-14(20-13)15-10(17)2-1-3-11(15)18/h1-6,12,14H,7,19H2/t12-,14?/m0/s1. The molecule has 20 heavy (non-hydrogen) atoms. The van der Waals surface area contributed by atoms with Crippen LogP contribution in [0.15, 0.2) is 40.9 Å². The smallest absolute Gasteiger partial charge is 0.128 e. The molecule has 2 nitrogen and oxygen atoms in total. The van der Waals surface area contributed by atoms with Crippen LogP contribution in [0.5, 0.6) is 5.75 Å². The summed E-state index contributed by atoms with van der Waals surface area (Å²) in [6.45, 7) is 0. The van der Waals surface area contributed by atoms with Gasteiger partial charge in [0.2, 0.25) is 0 Å². The molecule has 0 amide bonds. The predicted molar refractivity (Wildman–Crippen MR) is 85.5 cm³/mol. The molecule has 2 aromatic rings. The van der Waals surface area contributed by atoms with E-state index in [-0.39, 0.29) is 12.1 Å². The van der Waals surface area contributed by atoms with E-state index in [1.807, 2.05) is 36.4 Å². The summed E-state index contributed by atoms with van der Waals surface area (Å²) in [4.78, 5) is 0. The average Bonchev–Trinajstić information content (AvgIpc) is 2.39. The Morgan fingerprint density at radius 2 is 1.85 bits per heavy atom. The predicted octanol–water partition coefficient (Wildman–Crippen LogP) is 5.28. The summed E-state index contributed by atoms with van der Waals surface area (Å²) in [5.74, 6) is 0.785. The lowest BCUT2D eigenvalue weighted by molar-refractivity contribution is 0.161. The van der Waals surface area contributed by atoms with Crippen LogP contribution >= 0.6 is 39.1 Å². The van der Waals surface area contributed by atoms with E-state index in [1.54, 1.807) is 0 Å². The fraction of sp³-hybridized carbons (Fsp3) is 0.200. The maximum Gasteiger partial charge on any atom is 0.128 e. The van der Waals surface area contributed by atoms with Crippen LogP contribution in [0.3, 0.4) is 0 Å². The third kappa shape index (κ3) is 2.56. The highest BCUT2D eigenvalue weighted by Gasteiger charge is 2.29. The van der Waals surface area contributed by atoms with Gasteiger partial charge in [-0.3, -0.25) is 0 Å². The number of benzene rings is 2. The van der Waals surface area contributed by atoms with Crippen LogP contribution in [0.4, 0.5) is 0 Å². The number of hydrogen-bond acceptors (Lipinski definition) is 2. The van der Waals surface area contributed by atoms with Gasteiger partial charge in [0.1, 0.15) is 11.9 Å². The molecule has 5 heteroatoms. The van der Waals surface area contributed by atoms with E-state index in [4.69, 9.17) is 33.7 Å². The average molecular weight is 373 g/mol. The molecule has 104 valence electrons. The van der Waals surface area contributed by atoms with Crippen LogP contribution in [-0.2, 0) is 0 Å². The third-order valence-electron chi connectivity index (χ3n) is 3.43. The summed E-state index contributed by atoms with van der Waals surface area (Å²) in [7, 11) is 0. The Morgan fingerprint density at radius 3 is 2.55 bits per heavy atom. The van der Waals surface area contributed by atoms with Gasteiger partial charge in [-0.1, -0.05) is 45.2 Å². The monoisotopic (exact) mass is 371 g/mol. The second kappa shape index (κ2) is 5.57. The van der Waals surface area contributed by atoms with Crippen molar-refractivity contribution < 1.29 is 4.74 Å². The molecule has 0 saturated heterocycles. The molecule has 1 unspecified atom stereocenters. The molecule has 0 bridgehead atoms.